The highest BCUT2D eigenvalue weighted by molar-refractivity contribution is 5.78. The Morgan fingerprint density at radius 1 is 1.37 bits per heavy atom. The molecule has 0 fully saturated rings. The van der Waals surface area contributed by atoms with Crippen molar-refractivity contribution >= 4 is 5.97 Å². The van der Waals surface area contributed by atoms with E-state index in [2.05, 4.69) is 0 Å². The van der Waals surface area contributed by atoms with Gasteiger partial charge >= 0.3 is 5.97 Å². The number of aliphatic hydroxyl groups is 2. The summed E-state index contributed by atoms with van der Waals surface area (Å²) in [7, 11) is 0. The summed E-state index contributed by atoms with van der Waals surface area (Å²) < 4.78 is 4.94. The third-order valence-electron chi connectivity index (χ3n) is 3.11. The third-order valence-corrected chi connectivity index (χ3v) is 3.11. The minimum atomic E-state index is -1.59. The van der Waals surface area contributed by atoms with E-state index in [1.54, 1.807) is 31.2 Å². The molecular formula is C15H16O4. The SMILES string of the molecule is CCOC(=O)C1C(O)=CC=CC1(O)c1ccccc1. The lowest BCUT2D eigenvalue weighted by atomic mass is 9.77. The third kappa shape index (κ3) is 2.39. The number of carbonyl (C=O) groups excluding carboxylic acids is 1. The van der Waals surface area contributed by atoms with Crippen LogP contribution in [0.25, 0.3) is 0 Å². The molecule has 0 spiro atoms. The van der Waals surface area contributed by atoms with Crippen molar-refractivity contribution in [3.05, 3.63) is 59.9 Å². The van der Waals surface area contributed by atoms with Crippen LogP contribution in [0.4, 0.5) is 0 Å². The molecule has 0 amide bonds. The number of hydrogen-bond donors (Lipinski definition) is 2. The average molecular weight is 260 g/mol. The second-order valence-electron chi connectivity index (χ2n) is 4.33. The van der Waals surface area contributed by atoms with E-state index < -0.39 is 17.5 Å². The number of aliphatic hydroxyl groups excluding tert-OH is 1. The molecule has 0 aliphatic heterocycles. The summed E-state index contributed by atoms with van der Waals surface area (Å²) in [4.78, 5) is 12.0. The highest BCUT2D eigenvalue weighted by Crippen LogP contribution is 2.38. The first kappa shape index (κ1) is 13.4. The van der Waals surface area contributed by atoms with Crippen molar-refractivity contribution in [1.82, 2.24) is 0 Å². The molecule has 2 unspecified atom stereocenters. The highest BCUT2D eigenvalue weighted by Gasteiger charge is 2.46. The van der Waals surface area contributed by atoms with Crippen molar-refractivity contribution in [3.8, 4) is 0 Å². The van der Waals surface area contributed by atoms with E-state index >= 15 is 0 Å². The van der Waals surface area contributed by atoms with Gasteiger partial charge in [-0.1, -0.05) is 36.4 Å². The van der Waals surface area contributed by atoms with Crippen LogP contribution < -0.4 is 0 Å². The number of rotatable bonds is 3. The van der Waals surface area contributed by atoms with Gasteiger partial charge in [-0.05, 0) is 24.6 Å². The Hall–Kier alpha value is -2.07. The number of benzene rings is 1. The summed E-state index contributed by atoms with van der Waals surface area (Å²) >= 11 is 0. The van der Waals surface area contributed by atoms with E-state index in [1.807, 2.05) is 6.07 Å². The number of hydrogen-bond acceptors (Lipinski definition) is 4. The van der Waals surface area contributed by atoms with Crippen molar-refractivity contribution in [1.29, 1.82) is 0 Å². The minimum absolute atomic E-state index is 0.192. The second-order valence-corrected chi connectivity index (χ2v) is 4.33. The maximum Gasteiger partial charge on any atom is 0.320 e. The van der Waals surface area contributed by atoms with Crippen LogP contribution >= 0.6 is 0 Å². The Kier molecular flexibility index (Phi) is 3.71. The molecule has 0 heterocycles. The first-order chi connectivity index (χ1) is 9.09. The number of esters is 1. The van der Waals surface area contributed by atoms with E-state index in [-0.39, 0.29) is 12.4 Å². The summed E-state index contributed by atoms with van der Waals surface area (Å²) in [5.41, 5.74) is -1.06. The quantitative estimate of drug-likeness (QED) is 0.816. The van der Waals surface area contributed by atoms with E-state index in [0.29, 0.717) is 5.56 Å². The molecule has 1 aliphatic rings. The van der Waals surface area contributed by atoms with Gasteiger partial charge in [0.1, 0.15) is 11.4 Å². The molecule has 1 aliphatic carbocycles. The van der Waals surface area contributed by atoms with E-state index in [1.165, 1.54) is 18.2 Å². The summed E-state index contributed by atoms with van der Waals surface area (Å²) in [5, 5.41) is 20.7. The monoisotopic (exact) mass is 260 g/mol. The zero-order valence-corrected chi connectivity index (χ0v) is 10.6. The van der Waals surface area contributed by atoms with Crippen molar-refractivity contribution in [2.75, 3.05) is 6.61 Å². The maximum atomic E-state index is 12.0. The lowest BCUT2D eigenvalue weighted by Gasteiger charge is -2.34. The Balaban J connectivity index is 2.45. The van der Waals surface area contributed by atoms with Gasteiger partial charge in [-0.2, -0.15) is 0 Å². The maximum absolute atomic E-state index is 12.0. The van der Waals surface area contributed by atoms with Crippen LogP contribution in [0, 0.1) is 5.92 Å². The fraction of sp³-hybridized carbons (Fsp3) is 0.267. The summed E-state index contributed by atoms with van der Waals surface area (Å²) in [6.07, 6.45) is 4.40. The van der Waals surface area contributed by atoms with Crippen LogP contribution in [-0.4, -0.2) is 22.8 Å². The molecule has 1 aromatic carbocycles. The summed E-state index contributed by atoms with van der Waals surface area (Å²) in [6.45, 7) is 1.87. The Morgan fingerprint density at radius 3 is 2.68 bits per heavy atom. The number of ether oxygens (including phenoxy) is 1. The fourth-order valence-electron chi connectivity index (χ4n) is 2.21. The predicted octanol–water partition coefficient (Wildman–Crippen LogP) is 2.07. The Labute approximate surface area is 111 Å². The standard InChI is InChI=1S/C15H16O4/c1-2-19-14(17)13-12(16)9-6-10-15(13,18)11-7-4-3-5-8-11/h3-10,13,16,18H,2H2,1H3. The summed E-state index contributed by atoms with van der Waals surface area (Å²) in [5.74, 6) is -1.99. The zero-order chi connectivity index (χ0) is 13.9. The predicted molar refractivity (Wildman–Crippen MR) is 70.3 cm³/mol. The molecule has 19 heavy (non-hydrogen) atoms. The first-order valence-electron chi connectivity index (χ1n) is 6.12. The van der Waals surface area contributed by atoms with Crippen LogP contribution in [0.3, 0.4) is 0 Å². The fourth-order valence-corrected chi connectivity index (χ4v) is 2.21. The van der Waals surface area contributed by atoms with Crippen molar-refractivity contribution in [2.24, 2.45) is 5.92 Å². The molecule has 1 aromatic rings. The molecular weight excluding hydrogens is 244 g/mol. The molecule has 0 saturated carbocycles. The summed E-state index contributed by atoms with van der Waals surface area (Å²) in [6, 6.07) is 8.75. The van der Waals surface area contributed by atoms with Gasteiger partial charge in [0.05, 0.1) is 6.61 Å². The van der Waals surface area contributed by atoms with Crippen LogP contribution in [-0.2, 0) is 15.1 Å². The number of carbonyl (C=O) groups is 1. The van der Waals surface area contributed by atoms with Gasteiger partial charge in [0, 0.05) is 0 Å². The van der Waals surface area contributed by atoms with Crippen LogP contribution in [0.15, 0.2) is 54.3 Å². The van der Waals surface area contributed by atoms with E-state index in [0.717, 1.165) is 0 Å². The van der Waals surface area contributed by atoms with Gasteiger partial charge in [-0.15, -0.1) is 0 Å². The second kappa shape index (κ2) is 5.28. The highest BCUT2D eigenvalue weighted by atomic mass is 16.5. The molecule has 0 aromatic heterocycles. The van der Waals surface area contributed by atoms with Crippen molar-refractivity contribution in [2.45, 2.75) is 12.5 Å². The molecule has 4 heteroatoms. The average Bonchev–Trinajstić information content (AvgIpc) is 2.40. The molecule has 100 valence electrons. The van der Waals surface area contributed by atoms with E-state index in [9.17, 15) is 15.0 Å². The largest absolute Gasteiger partial charge is 0.511 e. The lowest BCUT2D eigenvalue weighted by molar-refractivity contribution is -0.155. The van der Waals surface area contributed by atoms with Crippen LogP contribution in [0.5, 0.6) is 0 Å². The molecule has 0 saturated heterocycles. The first-order valence-corrected chi connectivity index (χ1v) is 6.12. The molecule has 2 atom stereocenters. The molecule has 0 radical (unpaired) electrons. The van der Waals surface area contributed by atoms with Crippen molar-refractivity contribution < 1.29 is 19.7 Å². The molecule has 4 nitrogen and oxygen atoms in total. The number of allylic oxidation sites excluding steroid dienone is 2. The van der Waals surface area contributed by atoms with Gasteiger partial charge < -0.3 is 14.9 Å². The van der Waals surface area contributed by atoms with Gasteiger partial charge in [0.25, 0.3) is 0 Å². The molecule has 0 bridgehead atoms. The normalized spacial score (nSPS) is 25.8. The van der Waals surface area contributed by atoms with Gasteiger partial charge in [0.2, 0.25) is 0 Å². The van der Waals surface area contributed by atoms with Gasteiger partial charge in [-0.3, -0.25) is 4.79 Å². The van der Waals surface area contributed by atoms with Gasteiger partial charge in [0.15, 0.2) is 5.92 Å². The minimum Gasteiger partial charge on any atom is -0.511 e. The smallest absolute Gasteiger partial charge is 0.320 e. The topological polar surface area (TPSA) is 66.8 Å². The zero-order valence-electron chi connectivity index (χ0n) is 10.6. The van der Waals surface area contributed by atoms with E-state index in [4.69, 9.17) is 4.74 Å². The molecule has 2 N–H and O–H groups in total. The van der Waals surface area contributed by atoms with Crippen molar-refractivity contribution in [3.63, 3.8) is 0 Å². The Morgan fingerprint density at radius 2 is 2.05 bits per heavy atom. The van der Waals surface area contributed by atoms with Crippen LogP contribution in [0.2, 0.25) is 0 Å². The molecule has 2 rings (SSSR count). The lowest BCUT2D eigenvalue weighted by Crippen LogP contribution is -2.41. The van der Waals surface area contributed by atoms with Gasteiger partial charge in [-0.25, -0.2) is 0 Å². The van der Waals surface area contributed by atoms with Crippen LogP contribution in [0.1, 0.15) is 12.5 Å². The Bertz CT molecular complexity index is 518.